The molecule has 0 radical (unpaired) electrons. The molecule has 0 aliphatic carbocycles. The fourth-order valence-electron chi connectivity index (χ4n) is 2.55. The molecule has 0 saturated heterocycles. The number of aryl methyl sites for hydroxylation is 2. The highest BCUT2D eigenvalue weighted by Crippen LogP contribution is 2.29. The Morgan fingerprint density at radius 1 is 1.19 bits per heavy atom. The molecule has 1 atom stereocenters. The summed E-state index contributed by atoms with van der Waals surface area (Å²) >= 11 is 3.59. The van der Waals surface area contributed by atoms with Gasteiger partial charge in [-0.25, -0.2) is 0 Å². The average molecular weight is 349 g/mol. The van der Waals surface area contributed by atoms with E-state index < -0.39 is 0 Å². The molecular formula is C17H21BrN2O. The number of methoxy groups -OCH3 is 1. The Morgan fingerprint density at radius 3 is 2.52 bits per heavy atom. The third kappa shape index (κ3) is 3.64. The van der Waals surface area contributed by atoms with Crippen molar-refractivity contribution in [3.8, 4) is 5.75 Å². The Labute approximate surface area is 134 Å². The number of ether oxygens (including phenoxy) is 1. The van der Waals surface area contributed by atoms with Crippen molar-refractivity contribution in [1.29, 1.82) is 0 Å². The molecule has 3 N–H and O–H groups in total. The van der Waals surface area contributed by atoms with Gasteiger partial charge >= 0.3 is 0 Å². The molecule has 2 aromatic rings. The van der Waals surface area contributed by atoms with Crippen molar-refractivity contribution < 1.29 is 4.74 Å². The van der Waals surface area contributed by atoms with Gasteiger partial charge in [-0.2, -0.15) is 0 Å². The van der Waals surface area contributed by atoms with Gasteiger partial charge in [-0.3, -0.25) is 11.3 Å². The van der Waals surface area contributed by atoms with Crippen LogP contribution >= 0.6 is 15.9 Å². The summed E-state index contributed by atoms with van der Waals surface area (Å²) < 4.78 is 6.48. The first-order chi connectivity index (χ1) is 10.1. The lowest BCUT2D eigenvalue weighted by molar-refractivity contribution is 0.410. The van der Waals surface area contributed by atoms with Crippen molar-refractivity contribution in [1.82, 2.24) is 5.43 Å². The standard InChI is InChI=1S/C17H21BrN2O/c1-11-9-17(21-3)12(2)8-14(11)16(20-19)10-13-6-4-5-7-15(13)18/h4-9,16,20H,10,19H2,1-3H3. The van der Waals surface area contributed by atoms with E-state index in [1.54, 1.807) is 7.11 Å². The Hall–Kier alpha value is -1.36. The number of hydrogen-bond acceptors (Lipinski definition) is 3. The van der Waals surface area contributed by atoms with Crippen molar-refractivity contribution in [2.45, 2.75) is 26.3 Å². The van der Waals surface area contributed by atoms with Crippen LogP contribution in [0.2, 0.25) is 0 Å². The highest BCUT2D eigenvalue weighted by atomic mass is 79.9. The van der Waals surface area contributed by atoms with E-state index in [0.29, 0.717) is 0 Å². The van der Waals surface area contributed by atoms with E-state index in [2.05, 4.69) is 52.5 Å². The molecule has 2 aromatic carbocycles. The van der Waals surface area contributed by atoms with Crippen LogP contribution in [-0.4, -0.2) is 7.11 Å². The van der Waals surface area contributed by atoms with Crippen LogP contribution in [0.1, 0.15) is 28.3 Å². The van der Waals surface area contributed by atoms with Gasteiger partial charge in [-0.1, -0.05) is 40.2 Å². The number of halogens is 1. The molecule has 4 heteroatoms. The molecule has 112 valence electrons. The minimum Gasteiger partial charge on any atom is -0.496 e. The second-order valence-corrected chi connectivity index (χ2v) is 6.05. The number of hydrogen-bond donors (Lipinski definition) is 2. The quantitative estimate of drug-likeness (QED) is 0.637. The van der Waals surface area contributed by atoms with Gasteiger partial charge in [0.25, 0.3) is 0 Å². The SMILES string of the molecule is COc1cc(C)c(C(Cc2ccccc2Br)NN)cc1C. The summed E-state index contributed by atoms with van der Waals surface area (Å²) in [5.41, 5.74) is 7.66. The normalized spacial score (nSPS) is 12.2. The molecule has 0 spiro atoms. The minimum absolute atomic E-state index is 0.0632. The Bertz CT molecular complexity index is 628. The zero-order chi connectivity index (χ0) is 15.4. The summed E-state index contributed by atoms with van der Waals surface area (Å²) in [5, 5.41) is 0. The summed E-state index contributed by atoms with van der Waals surface area (Å²) in [4.78, 5) is 0. The average Bonchev–Trinajstić information content (AvgIpc) is 2.48. The van der Waals surface area contributed by atoms with Gasteiger partial charge in [0.1, 0.15) is 5.75 Å². The van der Waals surface area contributed by atoms with E-state index in [1.165, 1.54) is 16.7 Å². The maximum absolute atomic E-state index is 5.80. The molecule has 2 rings (SSSR count). The fraction of sp³-hybridized carbons (Fsp3) is 0.294. The zero-order valence-corrected chi connectivity index (χ0v) is 14.2. The number of nitrogens with two attached hydrogens (primary N) is 1. The number of benzene rings is 2. The molecular weight excluding hydrogens is 328 g/mol. The summed E-state index contributed by atoms with van der Waals surface area (Å²) in [6, 6.07) is 12.5. The highest BCUT2D eigenvalue weighted by molar-refractivity contribution is 9.10. The lowest BCUT2D eigenvalue weighted by atomic mass is 9.94. The zero-order valence-electron chi connectivity index (χ0n) is 12.6. The fourth-order valence-corrected chi connectivity index (χ4v) is 3.00. The second kappa shape index (κ2) is 7.07. The predicted molar refractivity (Wildman–Crippen MR) is 90.4 cm³/mol. The summed E-state index contributed by atoms with van der Waals surface area (Å²) in [5.74, 6) is 6.71. The largest absolute Gasteiger partial charge is 0.496 e. The third-order valence-corrected chi connectivity index (χ3v) is 4.52. The van der Waals surface area contributed by atoms with E-state index in [4.69, 9.17) is 10.6 Å². The van der Waals surface area contributed by atoms with Gasteiger partial charge in [-0.05, 0) is 54.7 Å². The van der Waals surface area contributed by atoms with Crippen LogP contribution in [0.4, 0.5) is 0 Å². The summed E-state index contributed by atoms with van der Waals surface area (Å²) in [7, 11) is 1.70. The molecule has 0 aliphatic heterocycles. The summed E-state index contributed by atoms with van der Waals surface area (Å²) in [6.07, 6.45) is 0.824. The monoisotopic (exact) mass is 348 g/mol. The van der Waals surface area contributed by atoms with Crippen LogP contribution in [0.5, 0.6) is 5.75 Å². The van der Waals surface area contributed by atoms with E-state index in [9.17, 15) is 0 Å². The molecule has 0 fully saturated rings. The lowest BCUT2D eigenvalue weighted by Crippen LogP contribution is -2.30. The van der Waals surface area contributed by atoms with Crippen molar-refractivity contribution in [3.63, 3.8) is 0 Å². The molecule has 1 unspecified atom stereocenters. The molecule has 21 heavy (non-hydrogen) atoms. The van der Waals surface area contributed by atoms with Crippen molar-refractivity contribution in [3.05, 3.63) is 63.1 Å². The second-order valence-electron chi connectivity index (χ2n) is 5.19. The molecule has 0 heterocycles. The highest BCUT2D eigenvalue weighted by Gasteiger charge is 2.16. The van der Waals surface area contributed by atoms with Gasteiger partial charge in [0, 0.05) is 4.47 Å². The number of hydrazine groups is 1. The molecule has 0 bridgehead atoms. The topological polar surface area (TPSA) is 47.3 Å². The van der Waals surface area contributed by atoms with Crippen molar-refractivity contribution >= 4 is 15.9 Å². The first-order valence-electron chi connectivity index (χ1n) is 6.91. The molecule has 0 aromatic heterocycles. The van der Waals surface area contributed by atoms with Gasteiger partial charge in [0.15, 0.2) is 0 Å². The van der Waals surface area contributed by atoms with Crippen LogP contribution in [0.15, 0.2) is 40.9 Å². The molecule has 0 amide bonds. The van der Waals surface area contributed by atoms with Gasteiger partial charge in [0.05, 0.1) is 13.2 Å². The molecule has 0 saturated carbocycles. The van der Waals surface area contributed by atoms with Crippen LogP contribution in [-0.2, 0) is 6.42 Å². The van der Waals surface area contributed by atoms with E-state index in [-0.39, 0.29) is 6.04 Å². The third-order valence-electron chi connectivity index (χ3n) is 3.74. The Balaban J connectivity index is 2.34. The number of nitrogens with one attached hydrogen (secondary N) is 1. The Kier molecular flexibility index (Phi) is 5.39. The van der Waals surface area contributed by atoms with Gasteiger partial charge in [0.2, 0.25) is 0 Å². The molecule has 0 aliphatic rings. The van der Waals surface area contributed by atoms with Crippen LogP contribution in [0, 0.1) is 13.8 Å². The maximum atomic E-state index is 5.80. The van der Waals surface area contributed by atoms with E-state index >= 15 is 0 Å². The lowest BCUT2D eigenvalue weighted by Gasteiger charge is -2.21. The first-order valence-corrected chi connectivity index (χ1v) is 7.70. The maximum Gasteiger partial charge on any atom is 0.122 e. The summed E-state index contributed by atoms with van der Waals surface area (Å²) in [6.45, 7) is 4.13. The predicted octanol–water partition coefficient (Wildman–Crippen LogP) is 3.82. The smallest absolute Gasteiger partial charge is 0.122 e. The van der Waals surface area contributed by atoms with Gasteiger partial charge < -0.3 is 4.74 Å². The van der Waals surface area contributed by atoms with Crippen LogP contribution < -0.4 is 16.0 Å². The number of rotatable bonds is 5. The van der Waals surface area contributed by atoms with Crippen LogP contribution in [0.25, 0.3) is 0 Å². The van der Waals surface area contributed by atoms with Gasteiger partial charge in [-0.15, -0.1) is 0 Å². The first kappa shape index (κ1) is 16.0. The van der Waals surface area contributed by atoms with E-state index in [1.807, 2.05) is 19.1 Å². The van der Waals surface area contributed by atoms with Crippen LogP contribution in [0.3, 0.4) is 0 Å². The van der Waals surface area contributed by atoms with Crippen molar-refractivity contribution in [2.24, 2.45) is 5.84 Å². The Morgan fingerprint density at radius 2 is 1.90 bits per heavy atom. The van der Waals surface area contributed by atoms with Crippen molar-refractivity contribution in [2.75, 3.05) is 7.11 Å². The van der Waals surface area contributed by atoms with E-state index in [0.717, 1.165) is 22.2 Å². The molecule has 3 nitrogen and oxygen atoms in total. The minimum atomic E-state index is 0.0632.